The molecule has 4 rings (SSSR count). The second-order valence-electron chi connectivity index (χ2n) is 9.39. The lowest BCUT2D eigenvalue weighted by molar-refractivity contribution is 0.417. The van der Waals surface area contributed by atoms with Gasteiger partial charge in [0.25, 0.3) is 0 Å². The molecule has 0 saturated carbocycles. The van der Waals surface area contributed by atoms with Gasteiger partial charge < -0.3 is 20.0 Å². The van der Waals surface area contributed by atoms with Gasteiger partial charge >= 0.3 is 0 Å². The van der Waals surface area contributed by atoms with Crippen LogP contribution in [0.15, 0.2) is 83.6 Å². The van der Waals surface area contributed by atoms with Crippen LogP contribution in [0.3, 0.4) is 0 Å². The predicted octanol–water partition coefficient (Wildman–Crippen LogP) is 3.05. The minimum absolute atomic E-state index is 0.0248. The number of hydrogen-bond acceptors (Lipinski definition) is 10. The summed E-state index contributed by atoms with van der Waals surface area (Å²) < 4.78 is 46.4. The fourth-order valence-electron chi connectivity index (χ4n) is 4.64. The number of aromatic nitrogens is 2. The topological polar surface area (TPSA) is 141 Å². The highest BCUT2D eigenvalue weighted by atomic mass is 32.2. The molecule has 40 heavy (non-hydrogen) atoms. The molecule has 0 spiro atoms. The van der Waals surface area contributed by atoms with E-state index in [2.05, 4.69) is 9.97 Å². The van der Waals surface area contributed by atoms with Gasteiger partial charge in [0.15, 0.2) is 0 Å². The molecule has 2 heterocycles. The molecular formula is C28H30N4O6S2. The van der Waals surface area contributed by atoms with Crippen LogP contribution >= 0.6 is 0 Å². The van der Waals surface area contributed by atoms with Crippen LogP contribution in [0.5, 0.6) is 0 Å². The van der Waals surface area contributed by atoms with Crippen molar-refractivity contribution in [2.24, 2.45) is 0 Å². The zero-order valence-electron chi connectivity index (χ0n) is 22.1. The van der Waals surface area contributed by atoms with Gasteiger partial charge in [-0.1, -0.05) is 0 Å². The number of nitrogens with zero attached hydrogens (tertiary/aromatic N) is 4. The van der Waals surface area contributed by atoms with Crippen molar-refractivity contribution in [1.82, 2.24) is 9.97 Å². The molecule has 0 fully saturated rings. The summed E-state index contributed by atoms with van der Waals surface area (Å²) in [5, 5.41) is 21.1. The zero-order chi connectivity index (χ0) is 28.8. The van der Waals surface area contributed by atoms with Gasteiger partial charge in [0.05, 0.1) is 32.5 Å². The lowest BCUT2D eigenvalue weighted by Gasteiger charge is -2.33. The van der Waals surface area contributed by atoms with Crippen molar-refractivity contribution >= 4 is 41.7 Å². The van der Waals surface area contributed by atoms with Crippen LogP contribution in [-0.2, 0) is 20.6 Å². The summed E-state index contributed by atoms with van der Waals surface area (Å²) in [5.74, 6) is 0.0496. The maximum atomic E-state index is 11.6. The van der Waals surface area contributed by atoms with Gasteiger partial charge in [0, 0.05) is 62.6 Å². The van der Waals surface area contributed by atoms with Crippen molar-refractivity contribution in [2.75, 3.05) is 36.0 Å². The summed E-state index contributed by atoms with van der Waals surface area (Å²) in [5.41, 5.74) is 4.07. The minimum Gasteiger partial charge on any atom is -0.508 e. The SMILES string of the molecule is Cc1ncccc1N(CCN(CC1=CC(=S(=O)=O)CC=C1O)c1cccnc1C)CC1=CC(=S(=O)=O)CC=C1O. The van der Waals surface area contributed by atoms with E-state index in [0.717, 1.165) is 22.8 Å². The molecule has 0 saturated heterocycles. The van der Waals surface area contributed by atoms with Crippen LogP contribution in [0.4, 0.5) is 11.4 Å². The third-order valence-corrected chi connectivity index (χ3v) is 8.18. The van der Waals surface area contributed by atoms with Crippen LogP contribution in [0.1, 0.15) is 24.2 Å². The van der Waals surface area contributed by atoms with E-state index in [1.807, 2.05) is 47.9 Å². The van der Waals surface area contributed by atoms with Crippen molar-refractivity contribution in [2.45, 2.75) is 26.7 Å². The molecule has 2 aromatic heterocycles. The van der Waals surface area contributed by atoms with Gasteiger partial charge in [-0.05, 0) is 62.4 Å². The highest BCUT2D eigenvalue weighted by molar-refractivity contribution is 7.73. The Hall–Kier alpha value is -4.16. The number of pyridine rings is 2. The highest BCUT2D eigenvalue weighted by Crippen LogP contribution is 2.26. The minimum atomic E-state index is -2.40. The quantitative estimate of drug-likeness (QED) is 0.424. The van der Waals surface area contributed by atoms with E-state index < -0.39 is 20.6 Å². The van der Waals surface area contributed by atoms with Crippen LogP contribution in [-0.4, -0.2) is 72.9 Å². The second-order valence-corrected chi connectivity index (χ2v) is 11.4. The number of hydrogen-bond donors (Lipinski definition) is 2. The van der Waals surface area contributed by atoms with Gasteiger partial charge in [-0.2, -0.15) is 16.8 Å². The first-order valence-corrected chi connectivity index (χ1v) is 14.7. The van der Waals surface area contributed by atoms with E-state index in [9.17, 15) is 27.0 Å². The summed E-state index contributed by atoms with van der Waals surface area (Å²) >= 11 is 0. The summed E-state index contributed by atoms with van der Waals surface area (Å²) in [6.07, 6.45) is 9.59. The molecule has 12 heteroatoms. The molecule has 10 nitrogen and oxygen atoms in total. The van der Waals surface area contributed by atoms with Crippen molar-refractivity contribution in [1.29, 1.82) is 0 Å². The third kappa shape index (κ3) is 6.88. The molecule has 0 aromatic carbocycles. The largest absolute Gasteiger partial charge is 0.508 e. The van der Waals surface area contributed by atoms with Crippen LogP contribution in [0, 0.1) is 13.8 Å². The standard InChI is InChI=1S/C28H30N4O6S2/c1-19-25(5-3-11-29-19)31(17-21-15-23(39(35)36)7-9-27(21)33)13-14-32(26-6-4-12-30-20(26)2)18-22-16-24(40(37)38)8-10-28(22)34/h3-6,9-12,15-16,33-34H,7-8,13-14,17-18H2,1-2H3. The Kier molecular flexibility index (Phi) is 9.22. The number of aliphatic hydroxyl groups is 2. The fraction of sp³-hybridized carbons (Fsp3) is 0.286. The summed E-state index contributed by atoms with van der Waals surface area (Å²) in [6, 6.07) is 7.43. The molecule has 210 valence electrons. The van der Waals surface area contributed by atoms with Crippen LogP contribution < -0.4 is 9.80 Å². The van der Waals surface area contributed by atoms with Crippen LogP contribution in [0.2, 0.25) is 0 Å². The third-order valence-electron chi connectivity index (χ3n) is 6.75. The van der Waals surface area contributed by atoms with E-state index in [4.69, 9.17) is 0 Å². The normalized spacial score (nSPS) is 15.1. The van der Waals surface area contributed by atoms with Crippen molar-refractivity contribution in [3.05, 3.63) is 95.0 Å². The maximum Gasteiger partial charge on any atom is 0.217 e. The van der Waals surface area contributed by atoms with Crippen molar-refractivity contribution < 1.29 is 27.0 Å². The molecule has 0 bridgehead atoms. The van der Waals surface area contributed by atoms with Gasteiger partial charge in [0.2, 0.25) is 20.6 Å². The fourth-order valence-corrected chi connectivity index (χ4v) is 5.55. The summed E-state index contributed by atoms with van der Waals surface area (Å²) in [6.45, 7) is 5.02. The Bertz CT molecular complexity index is 1580. The number of anilines is 2. The molecule has 2 aromatic rings. The average molecular weight is 583 g/mol. The lowest BCUT2D eigenvalue weighted by Crippen LogP contribution is -2.39. The molecule has 2 N–H and O–H groups in total. The first kappa shape index (κ1) is 28.8. The zero-order valence-corrected chi connectivity index (χ0v) is 23.8. The molecule has 2 aliphatic carbocycles. The highest BCUT2D eigenvalue weighted by Gasteiger charge is 2.22. The monoisotopic (exact) mass is 582 g/mol. The Balaban J connectivity index is 1.69. The van der Waals surface area contributed by atoms with E-state index in [0.29, 0.717) is 24.2 Å². The number of aliphatic hydroxyl groups excluding tert-OH is 2. The van der Waals surface area contributed by atoms with Gasteiger partial charge in [-0.3, -0.25) is 9.97 Å². The second kappa shape index (κ2) is 12.8. The molecule has 0 amide bonds. The summed E-state index contributed by atoms with van der Waals surface area (Å²) in [4.78, 5) is 13.2. The Labute approximate surface area is 236 Å². The van der Waals surface area contributed by atoms with E-state index >= 15 is 0 Å². The first-order chi connectivity index (χ1) is 19.1. The molecular weight excluding hydrogens is 552 g/mol. The smallest absolute Gasteiger partial charge is 0.217 e. The Morgan fingerprint density at radius 1 is 0.725 bits per heavy atom. The number of allylic oxidation sites excluding steroid dienone is 4. The molecule has 0 atom stereocenters. The Morgan fingerprint density at radius 3 is 1.48 bits per heavy atom. The molecule has 0 radical (unpaired) electrons. The van der Waals surface area contributed by atoms with Gasteiger partial charge in [-0.15, -0.1) is 0 Å². The van der Waals surface area contributed by atoms with Crippen LogP contribution in [0.25, 0.3) is 0 Å². The van der Waals surface area contributed by atoms with Gasteiger partial charge in [0.1, 0.15) is 11.5 Å². The number of aryl methyl sites for hydroxylation is 2. The Morgan fingerprint density at radius 2 is 1.12 bits per heavy atom. The molecule has 2 aliphatic rings. The first-order valence-electron chi connectivity index (χ1n) is 12.6. The predicted molar refractivity (Wildman–Crippen MR) is 157 cm³/mol. The van der Waals surface area contributed by atoms with Gasteiger partial charge in [-0.25, -0.2) is 0 Å². The summed E-state index contributed by atoms with van der Waals surface area (Å²) in [7, 11) is -4.79. The molecule has 0 aliphatic heterocycles. The van der Waals surface area contributed by atoms with Crippen molar-refractivity contribution in [3.63, 3.8) is 0 Å². The van der Waals surface area contributed by atoms with E-state index in [1.54, 1.807) is 12.4 Å². The molecule has 0 unspecified atom stereocenters. The lowest BCUT2D eigenvalue weighted by atomic mass is 10.0. The number of rotatable bonds is 9. The van der Waals surface area contributed by atoms with E-state index in [-0.39, 0.29) is 47.2 Å². The van der Waals surface area contributed by atoms with E-state index in [1.165, 1.54) is 24.3 Å². The van der Waals surface area contributed by atoms with Crippen molar-refractivity contribution in [3.8, 4) is 0 Å². The average Bonchev–Trinajstić information content (AvgIpc) is 2.92. The maximum absolute atomic E-state index is 11.6.